The maximum absolute atomic E-state index is 7.00. The van der Waals surface area contributed by atoms with E-state index in [1.807, 2.05) is 37.4 Å². The van der Waals surface area contributed by atoms with Gasteiger partial charge >= 0.3 is 0 Å². The number of nitrogen functional groups attached to an aromatic ring is 1. The van der Waals surface area contributed by atoms with Gasteiger partial charge in [0, 0.05) is 29.3 Å². The van der Waals surface area contributed by atoms with E-state index >= 15 is 0 Å². The molecule has 0 aliphatic carbocycles. The largest absolute Gasteiger partial charge is 0.477 e. The molecule has 0 saturated carbocycles. The zero-order chi connectivity index (χ0) is 22.6. The van der Waals surface area contributed by atoms with E-state index < -0.39 is 0 Å². The molecule has 0 radical (unpaired) electrons. The number of aryl methyl sites for hydroxylation is 2. The molecule has 31 heavy (non-hydrogen) atoms. The predicted octanol–water partition coefficient (Wildman–Crippen LogP) is 4.06. The van der Waals surface area contributed by atoms with E-state index in [-0.39, 0.29) is 0 Å². The van der Waals surface area contributed by atoms with Gasteiger partial charge in [0.15, 0.2) is 0 Å². The van der Waals surface area contributed by atoms with Gasteiger partial charge in [-0.2, -0.15) is 4.98 Å². The Morgan fingerprint density at radius 3 is 2.42 bits per heavy atom. The van der Waals surface area contributed by atoms with Crippen LogP contribution in [0.15, 0.2) is 53.4 Å². The molecule has 166 valence electrons. The lowest BCUT2D eigenvalue weighted by molar-refractivity contribution is 0.298. The summed E-state index contributed by atoms with van der Waals surface area (Å²) in [5, 5.41) is 10.1. The van der Waals surface area contributed by atoms with Gasteiger partial charge in [-0.15, -0.1) is 0 Å². The first kappa shape index (κ1) is 24.5. The number of nitrogens with two attached hydrogens (primary N) is 1. The Bertz CT molecular complexity index is 948. The molecule has 3 rings (SSSR count). The molecule has 0 bridgehead atoms. The Morgan fingerprint density at radius 2 is 1.74 bits per heavy atom. The van der Waals surface area contributed by atoms with Crippen LogP contribution in [0.5, 0.6) is 5.88 Å². The Morgan fingerprint density at radius 1 is 1.03 bits per heavy atom. The van der Waals surface area contributed by atoms with Crippen molar-refractivity contribution in [1.82, 2.24) is 15.3 Å². The molecular formula is C23H31N5O2S. The fourth-order valence-electron chi connectivity index (χ4n) is 3.00. The Balaban J connectivity index is 0.00000166. The summed E-state index contributed by atoms with van der Waals surface area (Å²) in [5.41, 5.74) is 10.9. The summed E-state index contributed by atoms with van der Waals surface area (Å²) in [7, 11) is 2.93. The summed E-state index contributed by atoms with van der Waals surface area (Å²) in [6.07, 6.45) is 0.903. The van der Waals surface area contributed by atoms with E-state index in [4.69, 9.17) is 20.6 Å². The molecule has 0 unspecified atom stereocenters. The van der Waals surface area contributed by atoms with Crippen molar-refractivity contribution in [3.8, 4) is 17.1 Å². The zero-order valence-corrected chi connectivity index (χ0v) is 19.3. The minimum atomic E-state index is 0.501. The molecule has 0 atom stereocenters. The first-order chi connectivity index (χ1) is 15.1. The van der Waals surface area contributed by atoms with Gasteiger partial charge in [0.25, 0.3) is 0 Å². The quantitative estimate of drug-likeness (QED) is 0.224. The molecule has 8 heteroatoms. The Hall–Kier alpha value is -2.81. The SMILES string of the molecule is CNCCCOc1cc(-c2c(C)cccc2C)nc(NSc2cccc(N)c2)n1.CO. The van der Waals surface area contributed by atoms with Crippen LogP contribution in [0, 0.1) is 13.8 Å². The fraction of sp³-hybridized carbons (Fsp3) is 0.304. The van der Waals surface area contributed by atoms with E-state index in [2.05, 4.69) is 47.1 Å². The van der Waals surface area contributed by atoms with Crippen molar-refractivity contribution in [2.24, 2.45) is 0 Å². The van der Waals surface area contributed by atoms with Gasteiger partial charge in [-0.05, 0) is 75.1 Å². The maximum Gasteiger partial charge on any atom is 0.237 e. The van der Waals surface area contributed by atoms with Crippen molar-refractivity contribution in [2.45, 2.75) is 25.2 Å². The van der Waals surface area contributed by atoms with Gasteiger partial charge in [0.1, 0.15) is 0 Å². The van der Waals surface area contributed by atoms with E-state index in [1.165, 1.54) is 23.1 Å². The van der Waals surface area contributed by atoms with Crippen molar-refractivity contribution in [1.29, 1.82) is 0 Å². The number of anilines is 2. The van der Waals surface area contributed by atoms with E-state index in [0.717, 1.165) is 41.9 Å². The standard InChI is InChI=1S/C22H27N5OS.CH4O/c1-15-7-4-8-16(2)21(15)19-14-20(28-12-6-11-24-3)26-22(25-19)27-29-18-10-5-9-17(23)13-18;1-2/h4-5,7-10,13-14,24H,6,11-12,23H2,1-3H3,(H,25,26,27);2H,1H3. The molecule has 3 aromatic rings. The smallest absolute Gasteiger partial charge is 0.237 e. The molecule has 7 nitrogen and oxygen atoms in total. The van der Waals surface area contributed by atoms with Crippen molar-refractivity contribution >= 4 is 23.6 Å². The van der Waals surface area contributed by atoms with Crippen LogP contribution in [0.25, 0.3) is 11.3 Å². The lowest BCUT2D eigenvalue weighted by Gasteiger charge is -2.13. The number of aliphatic hydroxyl groups is 1. The lowest BCUT2D eigenvalue weighted by Crippen LogP contribution is -2.12. The van der Waals surface area contributed by atoms with Crippen LogP contribution in [-0.4, -0.2) is 42.4 Å². The van der Waals surface area contributed by atoms with Crippen LogP contribution >= 0.6 is 11.9 Å². The van der Waals surface area contributed by atoms with Gasteiger partial charge in [-0.1, -0.05) is 24.3 Å². The molecule has 2 aromatic carbocycles. The van der Waals surface area contributed by atoms with Crippen molar-refractivity contribution in [3.63, 3.8) is 0 Å². The number of aliphatic hydroxyl groups excluding tert-OH is 1. The van der Waals surface area contributed by atoms with E-state index in [0.29, 0.717) is 18.4 Å². The summed E-state index contributed by atoms with van der Waals surface area (Å²) in [6.45, 7) is 5.66. The average molecular weight is 442 g/mol. The Labute approximate surface area is 188 Å². The summed E-state index contributed by atoms with van der Waals surface area (Å²) in [4.78, 5) is 10.3. The Kier molecular flexibility index (Phi) is 10.1. The van der Waals surface area contributed by atoms with Crippen molar-refractivity contribution in [2.75, 3.05) is 37.8 Å². The first-order valence-electron chi connectivity index (χ1n) is 10.0. The van der Waals surface area contributed by atoms with Crippen LogP contribution in [0.3, 0.4) is 0 Å². The normalized spacial score (nSPS) is 10.2. The van der Waals surface area contributed by atoms with Gasteiger partial charge in [0.05, 0.1) is 12.3 Å². The summed E-state index contributed by atoms with van der Waals surface area (Å²) >= 11 is 1.42. The molecule has 0 saturated heterocycles. The first-order valence-corrected chi connectivity index (χ1v) is 10.8. The highest BCUT2D eigenvalue weighted by Crippen LogP contribution is 2.30. The number of aromatic nitrogens is 2. The second-order valence-electron chi connectivity index (χ2n) is 6.76. The van der Waals surface area contributed by atoms with E-state index in [9.17, 15) is 0 Å². The minimum Gasteiger partial charge on any atom is -0.477 e. The molecule has 0 aliphatic rings. The summed E-state index contributed by atoms with van der Waals surface area (Å²) < 4.78 is 9.13. The van der Waals surface area contributed by atoms with Crippen molar-refractivity contribution in [3.05, 3.63) is 59.7 Å². The molecule has 5 N–H and O–H groups in total. The third-order valence-corrected chi connectivity index (χ3v) is 5.15. The number of rotatable bonds is 9. The predicted molar refractivity (Wildman–Crippen MR) is 129 cm³/mol. The van der Waals surface area contributed by atoms with E-state index in [1.54, 1.807) is 0 Å². The highest BCUT2D eigenvalue weighted by Gasteiger charge is 2.12. The highest BCUT2D eigenvalue weighted by molar-refractivity contribution is 8.00. The third kappa shape index (κ3) is 7.43. The van der Waals surface area contributed by atoms with Crippen LogP contribution in [0.2, 0.25) is 0 Å². The number of nitrogens with one attached hydrogen (secondary N) is 2. The minimum absolute atomic E-state index is 0.501. The summed E-state index contributed by atoms with van der Waals surface area (Å²) in [6, 6.07) is 15.8. The number of nitrogens with zero attached hydrogens (tertiary/aromatic N) is 2. The molecule has 0 spiro atoms. The molecule has 0 amide bonds. The number of benzene rings is 2. The topological polar surface area (TPSA) is 105 Å². The highest BCUT2D eigenvalue weighted by atomic mass is 32.2. The average Bonchev–Trinajstić information content (AvgIpc) is 2.77. The second-order valence-corrected chi connectivity index (χ2v) is 7.64. The number of ether oxygens (including phenoxy) is 1. The molecule has 1 aromatic heterocycles. The van der Waals surface area contributed by atoms with Gasteiger partial charge < -0.3 is 20.9 Å². The zero-order valence-electron chi connectivity index (χ0n) is 18.5. The molecule has 0 aliphatic heterocycles. The summed E-state index contributed by atoms with van der Waals surface area (Å²) in [5.74, 6) is 1.06. The molecule has 1 heterocycles. The second kappa shape index (κ2) is 12.8. The molecule has 0 fully saturated rings. The van der Waals surface area contributed by atoms with Crippen LogP contribution < -0.4 is 20.5 Å². The number of hydrogen-bond acceptors (Lipinski definition) is 8. The molecular weight excluding hydrogens is 410 g/mol. The van der Waals surface area contributed by atoms with Crippen LogP contribution in [0.1, 0.15) is 17.5 Å². The number of hydrogen-bond donors (Lipinski definition) is 4. The van der Waals surface area contributed by atoms with Gasteiger partial charge in [-0.3, -0.25) is 4.72 Å². The lowest BCUT2D eigenvalue weighted by atomic mass is 10.00. The fourth-order valence-corrected chi connectivity index (χ4v) is 3.64. The van der Waals surface area contributed by atoms with Crippen LogP contribution in [0.4, 0.5) is 11.6 Å². The van der Waals surface area contributed by atoms with Gasteiger partial charge in [0.2, 0.25) is 11.8 Å². The van der Waals surface area contributed by atoms with Crippen LogP contribution in [-0.2, 0) is 0 Å². The van der Waals surface area contributed by atoms with Crippen molar-refractivity contribution < 1.29 is 9.84 Å². The third-order valence-electron chi connectivity index (χ3n) is 4.38. The van der Waals surface area contributed by atoms with Gasteiger partial charge in [-0.25, -0.2) is 4.98 Å². The maximum atomic E-state index is 7.00. The monoisotopic (exact) mass is 441 g/mol.